The molecule has 1 aromatic carbocycles. The summed E-state index contributed by atoms with van der Waals surface area (Å²) in [6, 6.07) is 12.5. The Hall–Kier alpha value is -3.66. The zero-order valence-electron chi connectivity index (χ0n) is 20.5. The van der Waals surface area contributed by atoms with E-state index in [-0.39, 0.29) is 0 Å². The minimum atomic E-state index is 0.376. The average Bonchev–Trinajstić information content (AvgIpc) is 3.03. The van der Waals surface area contributed by atoms with E-state index in [2.05, 4.69) is 89.2 Å². The molecule has 2 aromatic rings. The number of piperazine rings is 1. The fraction of sp³-hybridized carbons (Fsp3) is 0.310. The highest BCUT2D eigenvalue weighted by Gasteiger charge is 2.20. The van der Waals surface area contributed by atoms with Crippen LogP contribution in [0.4, 0.5) is 5.82 Å². The molecule has 1 fully saturated rings. The summed E-state index contributed by atoms with van der Waals surface area (Å²) in [6.07, 6.45) is 11.3. The molecule has 1 atom stereocenters. The molecule has 3 aliphatic heterocycles. The second-order valence-electron chi connectivity index (χ2n) is 9.52. The maximum Gasteiger partial charge on any atom is 0.124 e. The number of hydrogen-bond donors (Lipinski definition) is 1. The Morgan fingerprint density at radius 1 is 1.03 bits per heavy atom. The van der Waals surface area contributed by atoms with E-state index >= 15 is 0 Å². The van der Waals surface area contributed by atoms with E-state index in [4.69, 9.17) is 10.8 Å². The number of allylic oxidation sites excluding steroid dienone is 5. The van der Waals surface area contributed by atoms with Crippen LogP contribution in [0.5, 0.6) is 0 Å². The number of hydrogen-bond acceptors (Lipinski definition) is 6. The van der Waals surface area contributed by atoms with E-state index in [9.17, 15) is 0 Å². The molecule has 0 saturated carbocycles. The zero-order valence-corrected chi connectivity index (χ0v) is 20.5. The lowest BCUT2D eigenvalue weighted by atomic mass is 10.1. The second-order valence-corrected chi connectivity index (χ2v) is 9.52. The number of benzene rings is 1. The third kappa shape index (κ3) is 5.71. The van der Waals surface area contributed by atoms with Crippen molar-refractivity contribution in [3.63, 3.8) is 0 Å². The number of fused-ring (bicyclic) bond motifs is 1. The molecule has 0 aliphatic carbocycles. The quantitative estimate of drug-likeness (QED) is 0.700. The number of aromatic nitrogens is 1. The van der Waals surface area contributed by atoms with Crippen LogP contribution in [0.1, 0.15) is 30.0 Å². The highest BCUT2D eigenvalue weighted by molar-refractivity contribution is 6.09. The molecule has 6 nitrogen and oxygen atoms in total. The lowest BCUT2D eigenvalue weighted by Gasteiger charge is -2.32. The molecular formula is C29H32N6. The van der Waals surface area contributed by atoms with Crippen LogP contribution < -0.4 is 5.73 Å². The fourth-order valence-corrected chi connectivity index (χ4v) is 4.45. The van der Waals surface area contributed by atoms with Gasteiger partial charge >= 0.3 is 0 Å². The Balaban J connectivity index is 1.36. The van der Waals surface area contributed by atoms with Crippen LogP contribution >= 0.6 is 0 Å². The van der Waals surface area contributed by atoms with Crippen molar-refractivity contribution in [2.24, 2.45) is 11.0 Å². The van der Waals surface area contributed by atoms with Gasteiger partial charge in [0.15, 0.2) is 0 Å². The van der Waals surface area contributed by atoms with Gasteiger partial charge in [0.05, 0.1) is 11.4 Å². The number of pyridine rings is 1. The van der Waals surface area contributed by atoms with Gasteiger partial charge in [0.25, 0.3) is 0 Å². The maximum absolute atomic E-state index is 5.82. The Labute approximate surface area is 208 Å². The van der Waals surface area contributed by atoms with Gasteiger partial charge in [-0.3, -0.25) is 4.90 Å². The predicted molar refractivity (Wildman–Crippen MR) is 142 cm³/mol. The minimum Gasteiger partial charge on any atom is -0.384 e. The van der Waals surface area contributed by atoms with E-state index in [1.165, 1.54) is 5.56 Å². The monoisotopic (exact) mass is 464 g/mol. The number of likely N-dealkylation sites (N-methyl/N-ethyl adjacent to an activating group) is 1. The number of nitrogens with two attached hydrogens (primary N) is 1. The summed E-state index contributed by atoms with van der Waals surface area (Å²) < 4.78 is 0. The van der Waals surface area contributed by atoms with Gasteiger partial charge in [-0.2, -0.15) is 5.10 Å². The fourth-order valence-electron chi connectivity index (χ4n) is 4.45. The lowest BCUT2D eigenvalue weighted by Crippen LogP contribution is -2.43. The molecule has 0 spiro atoms. The zero-order chi connectivity index (χ0) is 24.2. The highest BCUT2D eigenvalue weighted by Crippen LogP contribution is 2.27. The van der Waals surface area contributed by atoms with Gasteiger partial charge < -0.3 is 10.6 Å². The first-order chi connectivity index (χ1) is 17.0. The number of nitrogen functional groups attached to an aromatic ring is 1. The molecule has 5 rings (SSSR count). The van der Waals surface area contributed by atoms with Crippen molar-refractivity contribution >= 4 is 11.5 Å². The molecule has 0 amide bonds. The first-order valence-corrected chi connectivity index (χ1v) is 12.3. The van der Waals surface area contributed by atoms with Crippen LogP contribution in [0.15, 0.2) is 83.4 Å². The van der Waals surface area contributed by atoms with Gasteiger partial charge in [-0.1, -0.05) is 43.2 Å². The van der Waals surface area contributed by atoms with Crippen LogP contribution in [-0.2, 0) is 6.54 Å². The van der Waals surface area contributed by atoms with Crippen molar-refractivity contribution in [1.29, 1.82) is 0 Å². The van der Waals surface area contributed by atoms with Crippen molar-refractivity contribution in [2.45, 2.75) is 19.9 Å². The largest absolute Gasteiger partial charge is 0.384 e. The Morgan fingerprint density at radius 2 is 1.83 bits per heavy atom. The lowest BCUT2D eigenvalue weighted by molar-refractivity contribution is 0.148. The first-order valence-electron chi connectivity index (χ1n) is 12.3. The standard InChI is InChI=1S/C29H32N6/c1-22-3-9-26-11-12-28(25-7-4-24(5-8-25)21-34-17-15-33(2)16-18-34)32-35(26)27(19-22)10-6-23-13-14-31-29(30)20-23/h4-5,7-9,11-14,19-20,22H,3,15-18,21H2,1-2H3,(H2,30,31). The van der Waals surface area contributed by atoms with Crippen LogP contribution in [-0.4, -0.2) is 58.7 Å². The van der Waals surface area contributed by atoms with E-state index in [1.54, 1.807) is 12.3 Å². The summed E-state index contributed by atoms with van der Waals surface area (Å²) in [4.78, 5) is 8.96. The summed E-state index contributed by atoms with van der Waals surface area (Å²) in [6.45, 7) is 7.72. The van der Waals surface area contributed by atoms with Crippen molar-refractivity contribution in [3.8, 4) is 11.8 Å². The SMILES string of the molecule is CC1C=C(C#Cc2ccnc(N)c2)N2N=C(c3ccc(CN4CCN(C)CC4)cc3)C=CC2=CC1. The van der Waals surface area contributed by atoms with Gasteiger partial charge in [-0.25, -0.2) is 9.99 Å². The number of rotatable bonds is 3. The van der Waals surface area contributed by atoms with Crippen LogP contribution in [0.25, 0.3) is 0 Å². The first kappa shape index (κ1) is 23.1. The maximum atomic E-state index is 5.82. The molecule has 6 heteroatoms. The van der Waals surface area contributed by atoms with Gasteiger partial charge in [-0.05, 0) is 61.2 Å². The molecule has 3 aliphatic rings. The van der Waals surface area contributed by atoms with Gasteiger partial charge in [-0.15, -0.1) is 0 Å². The van der Waals surface area contributed by atoms with Crippen LogP contribution in [0, 0.1) is 17.8 Å². The molecule has 0 radical (unpaired) electrons. The summed E-state index contributed by atoms with van der Waals surface area (Å²) in [7, 11) is 2.19. The van der Waals surface area contributed by atoms with E-state index in [0.717, 1.165) is 67.4 Å². The second kappa shape index (κ2) is 10.3. The Morgan fingerprint density at radius 3 is 2.60 bits per heavy atom. The van der Waals surface area contributed by atoms with Crippen LogP contribution in [0.2, 0.25) is 0 Å². The van der Waals surface area contributed by atoms with E-state index < -0.39 is 0 Å². The molecule has 178 valence electrons. The molecule has 1 saturated heterocycles. The van der Waals surface area contributed by atoms with Crippen molar-refractivity contribution in [3.05, 3.63) is 95.0 Å². The molecule has 35 heavy (non-hydrogen) atoms. The Bertz CT molecular complexity index is 1250. The number of anilines is 1. The molecular weight excluding hydrogens is 432 g/mol. The molecule has 0 bridgehead atoms. The molecule has 1 unspecified atom stereocenters. The Kier molecular flexibility index (Phi) is 6.80. The highest BCUT2D eigenvalue weighted by atomic mass is 15.5. The summed E-state index contributed by atoms with van der Waals surface area (Å²) in [5.41, 5.74) is 12.0. The number of nitrogens with zero attached hydrogens (tertiary/aromatic N) is 5. The smallest absolute Gasteiger partial charge is 0.124 e. The number of hydrazone groups is 1. The van der Waals surface area contributed by atoms with Crippen LogP contribution in [0.3, 0.4) is 0 Å². The van der Waals surface area contributed by atoms with E-state index in [1.807, 2.05) is 11.1 Å². The van der Waals surface area contributed by atoms with Gasteiger partial charge in [0.2, 0.25) is 0 Å². The van der Waals surface area contributed by atoms with Gasteiger partial charge in [0, 0.05) is 50.0 Å². The molecule has 4 heterocycles. The molecule has 2 N–H and O–H groups in total. The average molecular weight is 465 g/mol. The molecule has 1 aromatic heterocycles. The summed E-state index contributed by atoms with van der Waals surface area (Å²) in [5.74, 6) is 7.41. The van der Waals surface area contributed by atoms with Crippen molar-refractivity contribution in [2.75, 3.05) is 39.0 Å². The van der Waals surface area contributed by atoms with Gasteiger partial charge in [0.1, 0.15) is 11.5 Å². The summed E-state index contributed by atoms with van der Waals surface area (Å²) >= 11 is 0. The third-order valence-corrected chi connectivity index (χ3v) is 6.60. The predicted octanol–water partition coefficient (Wildman–Crippen LogP) is 3.85. The van der Waals surface area contributed by atoms with Crippen molar-refractivity contribution in [1.82, 2.24) is 19.8 Å². The van der Waals surface area contributed by atoms with E-state index in [0.29, 0.717) is 11.7 Å². The topological polar surface area (TPSA) is 61.0 Å². The van der Waals surface area contributed by atoms with Crippen molar-refractivity contribution < 1.29 is 0 Å². The third-order valence-electron chi connectivity index (χ3n) is 6.60. The summed E-state index contributed by atoms with van der Waals surface area (Å²) in [5, 5.41) is 6.97. The minimum absolute atomic E-state index is 0.376. The normalized spacial score (nSPS) is 20.7.